The molecule has 1 amide bonds. The van der Waals surface area contributed by atoms with E-state index in [0.29, 0.717) is 48.8 Å². The predicted molar refractivity (Wildman–Crippen MR) is 128 cm³/mol. The number of imidazole rings is 1. The molecule has 0 saturated carbocycles. The van der Waals surface area contributed by atoms with Crippen LogP contribution >= 0.6 is 0 Å². The number of ketones is 1. The molecule has 0 radical (unpaired) electrons. The zero-order valence-corrected chi connectivity index (χ0v) is 19.6. The maximum Gasteiger partial charge on any atom is 0.295 e. The Hall–Kier alpha value is -4.47. The van der Waals surface area contributed by atoms with Gasteiger partial charge in [-0.15, -0.1) is 0 Å². The molecule has 0 spiro atoms. The molecule has 1 saturated heterocycles. The molecule has 2 N–H and O–H groups in total. The van der Waals surface area contributed by atoms with Crippen LogP contribution in [-0.2, 0) is 16.1 Å². The molecule has 3 heterocycles. The van der Waals surface area contributed by atoms with Crippen LogP contribution in [0.1, 0.15) is 23.6 Å². The fraction of sp³-hybridized carbons (Fsp3) is 0.269. The number of aromatic nitrogens is 2. The number of hydrogen-bond acceptors (Lipinski definition) is 8. The monoisotopic (exact) mass is 491 g/mol. The number of carbonyl (C=O) groups is 2. The van der Waals surface area contributed by atoms with Gasteiger partial charge in [0, 0.05) is 31.0 Å². The average molecular weight is 492 g/mol. The Kier molecular flexibility index (Phi) is 6.24. The summed E-state index contributed by atoms with van der Waals surface area (Å²) in [6, 6.07) is 8.58. The van der Waals surface area contributed by atoms with Gasteiger partial charge < -0.3 is 33.9 Å². The van der Waals surface area contributed by atoms with Crippen LogP contribution in [0.25, 0.3) is 5.76 Å². The van der Waals surface area contributed by atoms with Crippen molar-refractivity contribution in [3.8, 4) is 23.0 Å². The van der Waals surface area contributed by atoms with Crippen LogP contribution in [0.5, 0.6) is 23.0 Å². The van der Waals surface area contributed by atoms with Crippen LogP contribution < -0.4 is 14.2 Å². The van der Waals surface area contributed by atoms with Gasteiger partial charge in [-0.2, -0.15) is 0 Å². The summed E-state index contributed by atoms with van der Waals surface area (Å²) in [5.41, 5.74) is 0.795. The first-order valence-electron chi connectivity index (χ1n) is 11.5. The van der Waals surface area contributed by atoms with Crippen LogP contribution in [0.15, 0.2) is 60.7 Å². The molecule has 0 aliphatic carbocycles. The third-order valence-electron chi connectivity index (χ3n) is 6.25. The number of aliphatic hydroxyl groups excluding tert-OH is 1. The lowest BCUT2D eigenvalue weighted by atomic mass is 9.94. The molecule has 1 atom stereocenters. The third-order valence-corrected chi connectivity index (χ3v) is 6.25. The number of amides is 1. The number of Topliss-reactive ketones (excluding diaryl/α,β-unsaturated/α-hetero) is 1. The molecule has 0 unspecified atom stereocenters. The van der Waals surface area contributed by atoms with E-state index in [1.807, 2.05) is 10.8 Å². The summed E-state index contributed by atoms with van der Waals surface area (Å²) in [5.74, 6) is -0.723. The highest BCUT2D eigenvalue weighted by atomic mass is 16.6. The fourth-order valence-corrected chi connectivity index (χ4v) is 4.51. The highest BCUT2D eigenvalue weighted by molar-refractivity contribution is 6.46. The number of hydrogen-bond donors (Lipinski definition) is 2. The minimum absolute atomic E-state index is 0.0490. The van der Waals surface area contributed by atoms with E-state index >= 15 is 0 Å². The number of fused-ring (bicyclic) bond motifs is 1. The Labute approximate surface area is 207 Å². The summed E-state index contributed by atoms with van der Waals surface area (Å²) in [7, 11) is 1.41. The molecule has 5 rings (SSSR count). The Bertz CT molecular complexity index is 1330. The third kappa shape index (κ3) is 4.21. The minimum atomic E-state index is -0.879. The molecular weight excluding hydrogens is 466 g/mol. The van der Waals surface area contributed by atoms with Gasteiger partial charge >= 0.3 is 0 Å². The fourth-order valence-electron chi connectivity index (χ4n) is 4.51. The van der Waals surface area contributed by atoms with Crippen LogP contribution in [0.2, 0.25) is 0 Å². The number of ether oxygens (including phenoxy) is 3. The Morgan fingerprint density at radius 2 is 1.92 bits per heavy atom. The van der Waals surface area contributed by atoms with Crippen molar-refractivity contribution in [3.63, 3.8) is 0 Å². The second-order valence-corrected chi connectivity index (χ2v) is 8.44. The Morgan fingerprint density at radius 3 is 2.67 bits per heavy atom. The smallest absolute Gasteiger partial charge is 0.295 e. The van der Waals surface area contributed by atoms with Gasteiger partial charge in [0.2, 0.25) is 0 Å². The molecular formula is C26H25N3O7. The van der Waals surface area contributed by atoms with Gasteiger partial charge in [0.25, 0.3) is 11.7 Å². The summed E-state index contributed by atoms with van der Waals surface area (Å²) in [6.07, 6.45) is 5.72. The number of benzene rings is 2. The molecule has 1 fully saturated rings. The van der Waals surface area contributed by atoms with Gasteiger partial charge in [-0.1, -0.05) is 6.07 Å². The normalized spacial score (nSPS) is 18.5. The van der Waals surface area contributed by atoms with E-state index in [0.717, 1.165) is 0 Å². The van der Waals surface area contributed by atoms with Crippen LogP contribution in [0.3, 0.4) is 0 Å². The van der Waals surface area contributed by atoms with Crippen LogP contribution in [0, 0.1) is 0 Å². The Morgan fingerprint density at radius 1 is 1.11 bits per heavy atom. The van der Waals surface area contributed by atoms with Crippen molar-refractivity contribution in [1.29, 1.82) is 0 Å². The lowest BCUT2D eigenvalue weighted by Gasteiger charge is -2.26. The summed E-state index contributed by atoms with van der Waals surface area (Å²) in [5, 5.41) is 21.4. The number of phenols is 1. The van der Waals surface area contributed by atoms with Gasteiger partial charge in [0.05, 0.1) is 25.1 Å². The number of aryl methyl sites for hydroxylation is 1. The van der Waals surface area contributed by atoms with Gasteiger partial charge in [0.1, 0.15) is 19.0 Å². The quantitative estimate of drug-likeness (QED) is 0.294. The minimum Gasteiger partial charge on any atom is -0.507 e. The SMILES string of the molecule is COc1cc([C@@H]2C(=C(O)c3ccc4c(c3)OCCO4)C(=O)C(=O)N2CCCn2ccnc2)ccc1O. The highest BCUT2D eigenvalue weighted by Gasteiger charge is 2.46. The van der Waals surface area contributed by atoms with E-state index in [9.17, 15) is 19.8 Å². The summed E-state index contributed by atoms with van der Waals surface area (Å²) < 4.78 is 18.3. The number of phenolic OH excluding ortho intramolecular Hbond substituents is 1. The number of nitrogens with zero attached hydrogens (tertiary/aromatic N) is 3. The molecule has 3 aromatic rings. The van der Waals surface area contributed by atoms with Gasteiger partial charge in [-0.3, -0.25) is 9.59 Å². The summed E-state index contributed by atoms with van der Waals surface area (Å²) in [4.78, 5) is 31.9. The largest absolute Gasteiger partial charge is 0.507 e. The van der Waals surface area contributed by atoms with Crippen molar-refractivity contribution in [1.82, 2.24) is 14.5 Å². The van der Waals surface area contributed by atoms with E-state index in [1.54, 1.807) is 42.9 Å². The average Bonchev–Trinajstić information content (AvgIpc) is 3.50. The van der Waals surface area contributed by atoms with Crippen molar-refractivity contribution >= 4 is 17.4 Å². The summed E-state index contributed by atoms with van der Waals surface area (Å²) >= 11 is 0. The Balaban J connectivity index is 1.56. The van der Waals surface area contributed by atoms with Crippen LogP contribution in [0.4, 0.5) is 0 Å². The topological polar surface area (TPSA) is 123 Å². The van der Waals surface area contributed by atoms with Crippen molar-refractivity contribution in [2.45, 2.75) is 19.0 Å². The number of aromatic hydroxyl groups is 1. The zero-order chi connectivity index (χ0) is 25.2. The van der Waals surface area contributed by atoms with Gasteiger partial charge in [0.15, 0.2) is 23.0 Å². The number of likely N-dealkylation sites (tertiary alicyclic amines) is 1. The standard InChI is InChI=1S/C26H25N3O7/c1-34-20-13-16(3-5-18(20)30)23-22(24(31)17-4-6-19-21(14-17)36-12-11-35-19)25(32)26(33)29(23)9-2-8-28-10-7-27-15-28/h3-7,10,13-15,23,30-31H,2,8-9,11-12H2,1H3/t23-/m1/s1. The first-order chi connectivity index (χ1) is 17.5. The number of rotatable bonds is 7. The first-order valence-corrected chi connectivity index (χ1v) is 11.5. The van der Waals surface area contributed by atoms with Crippen LogP contribution in [-0.4, -0.2) is 63.2 Å². The second kappa shape index (κ2) is 9.65. The molecule has 36 heavy (non-hydrogen) atoms. The first kappa shape index (κ1) is 23.3. The van der Waals surface area contributed by atoms with E-state index < -0.39 is 17.7 Å². The molecule has 2 aliphatic rings. The molecule has 10 heteroatoms. The zero-order valence-electron chi connectivity index (χ0n) is 19.6. The van der Waals surface area contributed by atoms with E-state index in [2.05, 4.69) is 4.98 Å². The molecule has 1 aromatic heterocycles. The molecule has 0 bridgehead atoms. The number of aliphatic hydroxyl groups is 1. The van der Waals surface area contributed by atoms with E-state index in [-0.39, 0.29) is 29.4 Å². The van der Waals surface area contributed by atoms with E-state index in [1.165, 1.54) is 18.1 Å². The van der Waals surface area contributed by atoms with Gasteiger partial charge in [-0.25, -0.2) is 4.98 Å². The lowest BCUT2D eigenvalue weighted by molar-refractivity contribution is -0.139. The molecule has 10 nitrogen and oxygen atoms in total. The van der Waals surface area contributed by atoms with E-state index in [4.69, 9.17) is 14.2 Å². The summed E-state index contributed by atoms with van der Waals surface area (Å²) in [6.45, 7) is 1.64. The molecule has 186 valence electrons. The van der Waals surface area contributed by atoms with Gasteiger partial charge in [-0.05, 0) is 42.3 Å². The number of methoxy groups -OCH3 is 1. The van der Waals surface area contributed by atoms with Crippen molar-refractivity contribution in [2.24, 2.45) is 0 Å². The lowest BCUT2D eigenvalue weighted by Crippen LogP contribution is -2.31. The maximum absolute atomic E-state index is 13.3. The molecule has 2 aliphatic heterocycles. The van der Waals surface area contributed by atoms with Crippen molar-refractivity contribution in [3.05, 3.63) is 71.8 Å². The maximum atomic E-state index is 13.3. The van der Waals surface area contributed by atoms with Crippen molar-refractivity contribution < 1.29 is 34.0 Å². The van der Waals surface area contributed by atoms with Crippen molar-refractivity contribution in [2.75, 3.05) is 26.9 Å². The predicted octanol–water partition coefficient (Wildman–Crippen LogP) is 2.88. The second-order valence-electron chi connectivity index (χ2n) is 8.44. The number of carbonyl (C=O) groups excluding carboxylic acids is 2. The molecule has 2 aromatic carbocycles. The highest BCUT2D eigenvalue weighted by Crippen LogP contribution is 2.43.